The van der Waals surface area contributed by atoms with Crippen LogP contribution in [-0.4, -0.2) is 31.7 Å². The highest BCUT2D eigenvalue weighted by Gasteiger charge is 2.21. The van der Waals surface area contributed by atoms with E-state index in [2.05, 4.69) is 5.32 Å². The molecule has 24 heavy (non-hydrogen) atoms. The van der Waals surface area contributed by atoms with Crippen molar-refractivity contribution < 1.29 is 17.6 Å². The summed E-state index contributed by atoms with van der Waals surface area (Å²) >= 11 is 0. The molecule has 0 unspecified atom stereocenters. The average Bonchev–Trinajstić information content (AvgIpc) is 3.08. The molecule has 1 aromatic heterocycles. The first-order valence-corrected chi connectivity index (χ1v) is 9.04. The maximum atomic E-state index is 12.4. The van der Waals surface area contributed by atoms with E-state index in [-0.39, 0.29) is 10.8 Å². The van der Waals surface area contributed by atoms with Gasteiger partial charge in [0.1, 0.15) is 5.76 Å². The molecule has 0 fully saturated rings. The fourth-order valence-corrected chi connectivity index (χ4v) is 3.61. The maximum Gasteiger partial charge on any atom is 0.248 e. The first kappa shape index (κ1) is 18.0. The fraction of sp³-hybridized carbons (Fsp3) is 0.235. The second-order valence-corrected chi connectivity index (χ2v) is 6.89. The second kappa shape index (κ2) is 7.94. The minimum Gasteiger partial charge on any atom is -0.465 e. The lowest BCUT2D eigenvalue weighted by molar-refractivity contribution is -0.111. The average molecular weight is 348 g/mol. The molecule has 0 radical (unpaired) electrons. The number of sulfonamides is 1. The lowest BCUT2D eigenvalue weighted by Gasteiger charge is -2.18. The van der Waals surface area contributed by atoms with Crippen molar-refractivity contribution in [2.24, 2.45) is 0 Å². The molecule has 0 saturated heterocycles. The normalized spacial score (nSPS) is 12.0. The van der Waals surface area contributed by atoms with Gasteiger partial charge in [0.15, 0.2) is 0 Å². The van der Waals surface area contributed by atoms with Crippen molar-refractivity contribution in [3.8, 4) is 0 Å². The molecule has 7 heteroatoms. The Balaban J connectivity index is 2.05. The van der Waals surface area contributed by atoms with Gasteiger partial charge in [0, 0.05) is 24.9 Å². The van der Waals surface area contributed by atoms with Gasteiger partial charge in [-0.25, -0.2) is 8.42 Å². The van der Waals surface area contributed by atoms with E-state index in [4.69, 9.17) is 4.42 Å². The van der Waals surface area contributed by atoms with Gasteiger partial charge in [-0.2, -0.15) is 4.31 Å². The molecule has 1 heterocycles. The minimum absolute atomic E-state index is 0.204. The Kier molecular flexibility index (Phi) is 5.94. The molecule has 2 rings (SSSR count). The SMILES string of the molecule is CCN(CC)S(=O)(=O)c1ccc(NC(=O)/C=C\c2ccco2)cc1. The number of benzene rings is 1. The number of nitrogens with one attached hydrogen (secondary N) is 1. The van der Waals surface area contributed by atoms with Gasteiger partial charge in [0.25, 0.3) is 0 Å². The van der Waals surface area contributed by atoms with Crippen LogP contribution in [0.1, 0.15) is 19.6 Å². The van der Waals surface area contributed by atoms with E-state index in [0.29, 0.717) is 24.5 Å². The summed E-state index contributed by atoms with van der Waals surface area (Å²) < 4.78 is 31.2. The summed E-state index contributed by atoms with van der Waals surface area (Å²) in [5.74, 6) is 0.247. The van der Waals surface area contributed by atoms with E-state index in [1.54, 1.807) is 44.2 Å². The van der Waals surface area contributed by atoms with Crippen LogP contribution in [0.2, 0.25) is 0 Å². The largest absolute Gasteiger partial charge is 0.465 e. The van der Waals surface area contributed by atoms with E-state index >= 15 is 0 Å². The second-order valence-electron chi connectivity index (χ2n) is 4.95. The molecule has 0 spiro atoms. The van der Waals surface area contributed by atoms with Crippen LogP contribution in [0.5, 0.6) is 0 Å². The van der Waals surface area contributed by atoms with Crippen molar-refractivity contribution in [1.29, 1.82) is 0 Å². The van der Waals surface area contributed by atoms with Crippen LogP contribution in [0, 0.1) is 0 Å². The molecule has 0 bridgehead atoms. The Morgan fingerprint density at radius 2 is 1.83 bits per heavy atom. The van der Waals surface area contributed by atoms with E-state index in [0.717, 1.165) is 0 Å². The number of furan rings is 1. The highest BCUT2D eigenvalue weighted by molar-refractivity contribution is 7.89. The third-order valence-corrected chi connectivity index (χ3v) is 5.47. The summed E-state index contributed by atoms with van der Waals surface area (Å²) in [6.45, 7) is 4.41. The fourth-order valence-electron chi connectivity index (χ4n) is 2.15. The van der Waals surface area contributed by atoms with Gasteiger partial charge in [0.05, 0.1) is 11.2 Å². The standard InChI is InChI=1S/C17H20N2O4S/c1-3-19(4-2)24(21,22)16-10-7-14(8-11-16)18-17(20)12-9-15-6-5-13-23-15/h5-13H,3-4H2,1-2H3,(H,18,20)/b12-9-. The van der Waals surface area contributed by atoms with Gasteiger partial charge in [-0.1, -0.05) is 13.8 Å². The number of amides is 1. The smallest absolute Gasteiger partial charge is 0.248 e. The summed E-state index contributed by atoms with van der Waals surface area (Å²) in [4.78, 5) is 12.0. The monoisotopic (exact) mass is 348 g/mol. The number of rotatable bonds is 7. The van der Waals surface area contributed by atoms with E-state index < -0.39 is 10.0 Å². The highest BCUT2D eigenvalue weighted by Crippen LogP contribution is 2.18. The molecule has 0 aliphatic carbocycles. The predicted molar refractivity (Wildman–Crippen MR) is 92.9 cm³/mol. The summed E-state index contributed by atoms with van der Waals surface area (Å²) in [7, 11) is -3.49. The molecule has 2 aromatic rings. The Bertz CT molecular complexity index is 790. The number of carbonyl (C=O) groups excluding carboxylic acids is 1. The predicted octanol–water partition coefficient (Wildman–Crippen LogP) is 2.96. The van der Waals surface area contributed by atoms with Crippen molar-refractivity contribution in [3.63, 3.8) is 0 Å². The van der Waals surface area contributed by atoms with Gasteiger partial charge in [0.2, 0.25) is 15.9 Å². The number of nitrogens with zero attached hydrogens (tertiary/aromatic N) is 1. The van der Waals surface area contributed by atoms with Crippen LogP contribution in [0.25, 0.3) is 6.08 Å². The van der Waals surface area contributed by atoms with Crippen LogP contribution in [-0.2, 0) is 14.8 Å². The van der Waals surface area contributed by atoms with Gasteiger partial charge in [-0.05, 0) is 42.5 Å². The first-order chi connectivity index (χ1) is 11.5. The lowest BCUT2D eigenvalue weighted by Crippen LogP contribution is -2.30. The van der Waals surface area contributed by atoms with Crippen LogP contribution in [0.15, 0.2) is 58.1 Å². The lowest BCUT2D eigenvalue weighted by atomic mass is 10.3. The van der Waals surface area contributed by atoms with Crippen molar-refractivity contribution in [1.82, 2.24) is 4.31 Å². The quantitative estimate of drug-likeness (QED) is 0.780. The van der Waals surface area contributed by atoms with Gasteiger partial charge in [-0.3, -0.25) is 4.79 Å². The topological polar surface area (TPSA) is 79.6 Å². The summed E-state index contributed by atoms with van der Waals surface area (Å²) in [6.07, 6.45) is 4.42. The van der Waals surface area contributed by atoms with Crippen molar-refractivity contribution in [2.75, 3.05) is 18.4 Å². The molecule has 0 aliphatic heterocycles. The van der Waals surface area contributed by atoms with E-state index in [1.807, 2.05) is 0 Å². The summed E-state index contributed by atoms with van der Waals surface area (Å²) in [6, 6.07) is 9.56. The molecule has 1 amide bonds. The third-order valence-electron chi connectivity index (χ3n) is 3.41. The molecule has 1 N–H and O–H groups in total. The molecular formula is C17H20N2O4S. The summed E-state index contributed by atoms with van der Waals surface area (Å²) in [5, 5.41) is 2.66. The van der Waals surface area contributed by atoms with Gasteiger partial charge < -0.3 is 9.73 Å². The molecule has 1 aromatic carbocycles. The van der Waals surface area contributed by atoms with Crippen LogP contribution >= 0.6 is 0 Å². The molecule has 0 atom stereocenters. The van der Waals surface area contributed by atoms with Gasteiger partial charge >= 0.3 is 0 Å². The van der Waals surface area contributed by atoms with Crippen molar-refractivity contribution >= 4 is 27.7 Å². The molecule has 6 nitrogen and oxygen atoms in total. The Morgan fingerprint density at radius 1 is 1.17 bits per heavy atom. The molecule has 128 valence electrons. The summed E-state index contributed by atoms with van der Waals surface area (Å²) in [5.41, 5.74) is 0.516. The highest BCUT2D eigenvalue weighted by atomic mass is 32.2. The zero-order valence-corrected chi connectivity index (χ0v) is 14.4. The maximum absolute atomic E-state index is 12.4. The number of anilines is 1. The first-order valence-electron chi connectivity index (χ1n) is 7.60. The Labute approximate surface area is 141 Å². The Hall–Kier alpha value is -2.38. The number of carbonyl (C=O) groups is 1. The third kappa shape index (κ3) is 4.33. The molecule has 0 aliphatic rings. The van der Waals surface area contributed by atoms with Crippen molar-refractivity contribution in [3.05, 3.63) is 54.5 Å². The van der Waals surface area contributed by atoms with Crippen LogP contribution < -0.4 is 5.32 Å². The number of hydrogen-bond acceptors (Lipinski definition) is 4. The number of hydrogen-bond donors (Lipinski definition) is 1. The molecular weight excluding hydrogens is 328 g/mol. The van der Waals surface area contributed by atoms with Gasteiger partial charge in [-0.15, -0.1) is 0 Å². The van der Waals surface area contributed by atoms with Crippen LogP contribution in [0.3, 0.4) is 0 Å². The zero-order chi connectivity index (χ0) is 17.6. The van der Waals surface area contributed by atoms with Crippen LogP contribution in [0.4, 0.5) is 5.69 Å². The van der Waals surface area contributed by atoms with Crippen molar-refractivity contribution in [2.45, 2.75) is 18.7 Å². The minimum atomic E-state index is -3.49. The Morgan fingerprint density at radius 3 is 2.38 bits per heavy atom. The molecule has 0 saturated carbocycles. The zero-order valence-electron chi connectivity index (χ0n) is 13.6. The van der Waals surface area contributed by atoms with E-state index in [1.165, 1.54) is 28.8 Å². The van der Waals surface area contributed by atoms with E-state index in [9.17, 15) is 13.2 Å².